The Balaban J connectivity index is 3.47. The Hall–Kier alpha value is -1.06. The van der Waals surface area contributed by atoms with Crippen molar-refractivity contribution in [3.63, 3.8) is 0 Å². The SMILES string of the molecule is CCCCCCCCCCCCOC(=O)CCCC(=O)OC(C)CC(C)(C)C. The van der Waals surface area contributed by atoms with Crippen LogP contribution < -0.4 is 0 Å². The summed E-state index contributed by atoms with van der Waals surface area (Å²) in [6.45, 7) is 11.1. The van der Waals surface area contributed by atoms with Gasteiger partial charge in [-0.05, 0) is 31.6 Å². The van der Waals surface area contributed by atoms with Crippen molar-refractivity contribution in [3.05, 3.63) is 0 Å². The molecule has 0 aliphatic heterocycles. The Morgan fingerprint density at radius 3 is 1.79 bits per heavy atom. The maximum Gasteiger partial charge on any atom is 0.306 e. The first-order valence-electron chi connectivity index (χ1n) is 11.6. The molecule has 1 atom stereocenters. The second-order valence-corrected chi connectivity index (χ2v) is 9.32. The van der Waals surface area contributed by atoms with Crippen LogP contribution in [-0.2, 0) is 19.1 Å². The molecular weight excluding hydrogens is 352 g/mol. The van der Waals surface area contributed by atoms with Crippen LogP contribution in [0.25, 0.3) is 0 Å². The molecule has 0 aromatic heterocycles. The van der Waals surface area contributed by atoms with Gasteiger partial charge in [-0.3, -0.25) is 9.59 Å². The highest BCUT2D eigenvalue weighted by molar-refractivity contribution is 5.72. The molecule has 0 spiro atoms. The molecule has 0 aliphatic carbocycles. The Morgan fingerprint density at radius 1 is 0.750 bits per heavy atom. The Morgan fingerprint density at radius 2 is 1.25 bits per heavy atom. The van der Waals surface area contributed by atoms with E-state index in [1.165, 1.54) is 51.4 Å². The van der Waals surface area contributed by atoms with Gasteiger partial charge in [0.1, 0.15) is 0 Å². The molecule has 0 fully saturated rings. The number of hydrogen-bond acceptors (Lipinski definition) is 4. The molecule has 4 nitrogen and oxygen atoms in total. The van der Waals surface area contributed by atoms with Gasteiger partial charge in [-0.2, -0.15) is 0 Å². The fourth-order valence-electron chi connectivity index (χ4n) is 3.41. The first-order valence-corrected chi connectivity index (χ1v) is 11.6. The largest absolute Gasteiger partial charge is 0.466 e. The lowest BCUT2D eigenvalue weighted by molar-refractivity contribution is -0.149. The highest BCUT2D eigenvalue weighted by Gasteiger charge is 2.18. The smallest absolute Gasteiger partial charge is 0.306 e. The van der Waals surface area contributed by atoms with E-state index in [2.05, 4.69) is 27.7 Å². The number of esters is 2. The molecule has 0 heterocycles. The number of rotatable bonds is 17. The Bertz CT molecular complexity index is 398. The van der Waals surface area contributed by atoms with Crippen LogP contribution in [0.1, 0.15) is 125 Å². The summed E-state index contributed by atoms with van der Waals surface area (Å²) >= 11 is 0. The average Bonchev–Trinajstić information content (AvgIpc) is 2.57. The van der Waals surface area contributed by atoms with Crippen molar-refractivity contribution in [1.82, 2.24) is 0 Å². The van der Waals surface area contributed by atoms with E-state index in [4.69, 9.17) is 9.47 Å². The summed E-state index contributed by atoms with van der Waals surface area (Å²) in [5.41, 5.74) is 0.137. The van der Waals surface area contributed by atoms with Gasteiger partial charge in [0.2, 0.25) is 0 Å². The minimum absolute atomic E-state index is 0.0872. The molecule has 0 aliphatic rings. The lowest BCUT2D eigenvalue weighted by Gasteiger charge is -2.23. The van der Waals surface area contributed by atoms with Crippen molar-refractivity contribution in [2.45, 2.75) is 131 Å². The molecule has 0 amide bonds. The van der Waals surface area contributed by atoms with Crippen LogP contribution in [0.2, 0.25) is 0 Å². The molecule has 0 saturated carbocycles. The normalized spacial score (nSPS) is 12.6. The fraction of sp³-hybridized carbons (Fsp3) is 0.917. The van der Waals surface area contributed by atoms with Crippen molar-refractivity contribution < 1.29 is 19.1 Å². The number of unbranched alkanes of at least 4 members (excludes halogenated alkanes) is 9. The number of ether oxygens (including phenoxy) is 2. The molecule has 0 N–H and O–H groups in total. The summed E-state index contributed by atoms with van der Waals surface area (Å²) in [5, 5.41) is 0. The predicted octanol–water partition coefficient (Wildman–Crippen LogP) is 6.99. The molecule has 0 radical (unpaired) electrons. The van der Waals surface area contributed by atoms with Crippen LogP contribution in [-0.4, -0.2) is 24.6 Å². The van der Waals surface area contributed by atoms with E-state index >= 15 is 0 Å². The average molecular weight is 399 g/mol. The van der Waals surface area contributed by atoms with Gasteiger partial charge in [-0.25, -0.2) is 0 Å². The van der Waals surface area contributed by atoms with E-state index in [9.17, 15) is 9.59 Å². The molecule has 0 saturated heterocycles. The Kier molecular flexibility index (Phi) is 16.2. The first kappa shape index (κ1) is 26.9. The lowest BCUT2D eigenvalue weighted by atomic mass is 9.90. The first-order chi connectivity index (χ1) is 13.2. The molecule has 0 aromatic rings. The van der Waals surface area contributed by atoms with Gasteiger partial charge < -0.3 is 9.47 Å². The van der Waals surface area contributed by atoms with E-state index in [1.807, 2.05) is 6.92 Å². The van der Waals surface area contributed by atoms with Gasteiger partial charge in [0, 0.05) is 12.8 Å². The third-order valence-corrected chi connectivity index (χ3v) is 4.76. The maximum absolute atomic E-state index is 11.8. The summed E-state index contributed by atoms with van der Waals surface area (Å²) in [7, 11) is 0. The zero-order valence-electron chi connectivity index (χ0n) is 19.3. The van der Waals surface area contributed by atoms with E-state index in [1.54, 1.807) is 0 Å². The topological polar surface area (TPSA) is 52.6 Å². The van der Waals surface area contributed by atoms with Crippen LogP contribution in [0.5, 0.6) is 0 Å². The summed E-state index contributed by atoms with van der Waals surface area (Å²) < 4.78 is 10.6. The highest BCUT2D eigenvalue weighted by Crippen LogP contribution is 2.22. The van der Waals surface area contributed by atoms with Crippen LogP contribution in [0, 0.1) is 5.41 Å². The highest BCUT2D eigenvalue weighted by atomic mass is 16.5. The van der Waals surface area contributed by atoms with Crippen LogP contribution in [0.4, 0.5) is 0 Å². The molecule has 166 valence electrons. The van der Waals surface area contributed by atoms with Crippen molar-refractivity contribution >= 4 is 11.9 Å². The monoisotopic (exact) mass is 398 g/mol. The molecule has 28 heavy (non-hydrogen) atoms. The summed E-state index contributed by atoms with van der Waals surface area (Å²) in [6.07, 6.45) is 14.5. The summed E-state index contributed by atoms with van der Waals surface area (Å²) in [6, 6.07) is 0. The van der Waals surface area contributed by atoms with Crippen molar-refractivity contribution in [3.8, 4) is 0 Å². The van der Waals surface area contributed by atoms with E-state index in [0.29, 0.717) is 19.4 Å². The van der Waals surface area contributed by atoms with Gasteiger partial charge in [0.15, 0.2) is 0 Å². The fourth-order valence-corrected chi connectivity index (χ4v) is 3.41. The number of carbonyl (C=O) groups is 2. The van der Waals surface area contributed by atoms with Gasteiger partial charge in [0.25, 0.3) is 0 Å². The zero-order chi connectivity index (χ0) is 21.3. The minimum atomic E-state index is -0.223. The van der Waals surface area contributed by atoms with E-state index in [-0.39, 0.29) is 29.9 Å². The van der Waals surface area contributed by atoms with Gasteiger partial charge in [-0.15, -0.1) is 0 Å². The number of carbonyl (C=O) groups excluding carboxylic acids is 2. The van der Waals surface area contributed by atoms with Crippen molar-refractivity contribution in [2.24, 2.45) is 5.41 Å². The second kappa shape index (κ2) is 16.9. The van der Waals surface area contributed by atoms with Crippen LogP contribution in [0.15, 0.2) is 0 Å². The molecule has 0 aromatic carbocycles. The molecular formula is C24H46O4. The summed E-state index contributed by atoms with van der Waals surface area (Å²) in [5.74, 6) is -0.425. The van der Waals surface area contributed by atoms with Crippen LogP contribution in [0.3, 0.4) is 0 Å². The standard InChI is InChI=1S/C24H46O4/c1-6-7-8-9-10-11-12-13-14-15-19-27-22(25)17-16-18-23(26)28-21(2)20-24(3,4)5/h21H,6-20H2,1-5H3. The molecule has 0 rings (SSSR count). The summed E-state index contributed by atoms with van der Waals surface area (Å²) in [4.78, 5) is 23.5. The Labute approximate surface area is 174 Å². The van der Waals surface area contributed by atoms with Gasteiger partial charge >= 0.3 is 11.9 Å². The van der Waals surface area contributed by atoms with E-state index < -0.39 is 0 Å². The van der Waals surface area contributed by atoms with E-state index in [0.717, 1.165) is 19.3 Å². The van der Waals surface area contributed by atoms with Crippen molar-refractivity contribution in [2.75, 3.05) is 6.61 Å². The minimum Gasteiger partial charge on any atom is -0.466 e. The third kappa shape index (κ3) is 19.7. The molecule has 1 unspecified atom stereocenters. The van der Waals surface area contributed by atoms with Crippen molar-refractivity contribution in [1.29, 1.82) is 0 Å². The lowest BCUT2D eigenvalue weighted by Crippen LogP contribution is -2.21. The quantitative estimate of drug-likeness (QED) is 0.196. The van der Waals surface area contributed by atoms with Gasteiger partial charge in [0.05, 0.1) is 12.7 Å². The van der Waals surface area contributed by atoms with Crippen LogP contribution >= 0.6 is 0 Å². The molecule has 0 bridgehead atoms. The zero-order valence-corrected chi connectivity index (χ0v) is 19.3. The third-order valence-electron chi connectivity index (χ3n) is 4.76. The maximum atomic E-state index is 11.8. The second-order valence-electron chi connectivity index (χ2n) is 9.32. The number of hydrogen-bond donors (Lipinski definition) is 0. The molecule has 4 heteroatoms. The van der Waals surface area contributed by atoms with Gasteiger partial charge in [-0.1, -0.05) is 85.5 Å². The predicted molar refractivity (Wildman–Crippen MR) is 116 cm³/mol.